The number of fused-ring (bicyclic) bond motifs is 13. The predicted molar refractivity (Wildman–Crippen MR) is 248 cm³/mol. The van der Waals surface area contributed by atoms with E-state index in [0.29, 0.717) is 17.5 Å². The van der Waals surface area contributed by atoms with E-state index in [4.69, 9.17) is 29.7 Å². The Morgan fingerprint density at radius 2 is 1.02 bits per heavy atom. The molecular formula is C56H34N6O. The fraction of sp³-hybridized carbons (Fsp3) is 0.0179. The average molecular weight is 807 g/mol. The van der Waals surface area contributed by atoms with Gasteiger partial charge in [0.05, 0.1) is 28.2 Å². The zero-order valence-corrected chi connectivity index (χ0v) is 33.7. The Balaban J connectivity index is 1.04. The van der Waals surface area contributed by atoms with E-state index in [1.807, 2.05) is 91.3 Å². The molecular weight excluding hydrogens is 773 g/mol. The predicted octanol–water partition coefficient (Wildman–Crippen LogP) is 13.2. The van der Waals surface area contributed by atoms with E-state index in [1.54, 1.807) is 0 Å². The SMILES string of the molecule is c1ccc(-c2nc(-c3ccccc3)nc(-c3ccccc3-c3cnc4c(c3)C3(c5ccccc5-c5c3ccc3c5Oc5ccccc5N3c3ccccc3)c3cccnc3-4)n2)cc1. The molecule has 0 N–H and O–H groups in total. The van der Waals surface area contributed by atoms with Gasteiger partial charge >= 0.3 is 0 Å². The first-order chi connectivity index (χ1) is 31.3. The molecule has 63 heavy (non-hydrogen) atoms. The van der Waals surface area contributed by atoms with Crippen LogP contribution in [0.3, 0.4) is 0 Å². The van der Waals surface area contributed by atoms with E-state index in [9.17, 15) is 0 Å². The van der Waals surface area contributed by atoms with Crippen LogP contribution >= 0.6 is 0 Å². The molecule has 0 saturated carbocycles. The monoisotopic (exact) mass is 806 g/mol. The Labute approximate surface area is 363 Å². The molecule has 10 aromatic rings. The molecule has 7 heteroatoms. The number of hydrogen-bond donors (Lipinski definition) is 0. The zero-order valence-electron chi connectivity index (χ0n) is 33.7. The lowest BCUT2D eigenvalue weighted by atomic mass is 9.70. The fourth-order valence-corrected chi connectivity index (χ4v) is 9.99. The highest BCUT2D eigenvalue weighted by atomic mass is 16.5. The molecule has 2 aliphatic carbocycles. The number of ether oxygens (including phenoxy) is 1. The van der Waals surface area contributed by atoms with E-state index < -0.39 is 5.41 Å². The van der Waals surface area contributed by atoms with E-state index in [0.717, 1.165) is 95.6 Å². The molecule has 1 unspecified atom stereocenters. The molecule has 3 aliphatic rings. The van der Waals surface area contributed by atoms with Crippen molar-refractivity contribution in [3.63, 3.8) is 0 Å². The molecule has 0 radical (unpaired) electrons. The van der Waals surface area contributed by atoms with E-state index in [1.165, 1.54) is 5.56 Å². The Hall–Kier alpha value is -8.55. The number of rotatable bonds is 5. The molecule has 0 saturated heterocycles. The normalized spacial score (nSPS) is 14.8. The summed E-state index contributed by atoms with van der Waals surface area (Å²) in [6.45, 7) is 0. The summed E-state index contributed by atoms with van der Waals surface area (Å²) in [7, 11) is 0. The second-order valence-electron chi connectivity index (χ2n) is 16.0. The molecule has 1 aliphatic heterocycles. The first kappa shape index (κ1) is 35.2. The van der Waals surface area contributed by atoms with Crippen LogP contribution < -0.4 is 9.64 Å². The van der Waals surface area contributed by atoms with Gasteiger partial charge in [-0.05, 0) is 70.3 Å². The minimum atomic E-state index is -0.732. The molecule has 294 valence electrons. The molecule has 13 rings (SSSR count). The number of anilines is 3. The molecule has 0 fully saturated rings. The van der Waals surface area contributed by atoms with Gasteiger partial charge in [0.2, 0.25) is 0 Å². The van der Waals surface area contributed by atoms with E-state index in [2.05, 4.69) is 120 Å². The van der Waals surface area contributed by atoms with Gasteiger partial charge < -0.3 is 9.64 Å². The minimum Gasteiger partial charge on any atom is -0.452 e. The highest BCUT2D eigenvalue weighted by Crippen LogP contribution is 2.66. The van der Waals surface area contributed by atoms with Gasteiger partial charge in [-0.2, -0.15) is 0 Å². The van der Waals surface area contributed by atoms with Crippen LogP contribution in [0, 0.1) is 0 Å². The van der Waals surface area contributed by atoms with Crippen molar-refractivity contribution >= 4 is 17.1 Å². The van der Waals surface area contributed by atoms with Crippen molar-refractivity contribution in [1.29, 1.82) is 0 Å². The van der Waals surface area contributed by atoms with Crippen LogP contribution in [0.4, 0.5) is 17.1 Å². The van der Waals surface area contributed by atoms with Gasteiger partial charge in [0.25, 0.3) is 0 Å². The van der Waals surface area contributed by atoms with Crippen LogP contribution in [-0.4, -0.2) is 24.9 Å². The van der Waals surface area contributed by atoms with Crippen molar-refractivity contribution in [2.45, 2.75) is 5.41 Å². The lowest BCUT2D eigenvalue weighted by Crippen LogP contribution is -2.26. The van der Waals surface area contributed by atoms with Gasteiger partial charge in [0, 0.05) is 51.5 Å². The number of aromatic nitrogens is 5. The van der Waals surface area contributed by atoms with Crippen LogP contribution in [0.25, 0.3) is 67.8 Å². The first-order valence-electron chi connectivity index (χ1n) is 21.1. The largest absolute Gasteiger partial charge is 0.452 e. The summed E-state index contributed by atoms with van der Waals surface area (Å²) in [5.74, 6) is 3.44. The topological polar surface area (TPSA) is 76.9 Å². The van der Waals surface area contributed by atoms with Gasteiger partial charge in [0.1, 0.15) is 0 Å². The summed E-state index contributed by atoms with van der Waals surface area (Å²) < 4.78 is 7.06. The van der Waals surface area contributed by atoms with Crippen LogP contribution in [0.5, 0.6) is 11.5 Å². The number of nitrogens with zero attached hydrogens (tertiary/aromatic N) is 6. The highest BCUT2D eigenvalue weighted by molar-refractivity contribution is 6.01. The smallest absolute Gasteiger partial charge is 0.164 e. The summed E-state index contributed by atoms with van der Waals surface area (Å²) in [5.41, 5.74) is 15.3. The van der Waals surface area contributed by atoms with Crippen LogP contribution in [-0.2, 0) is 5.41 Å². The van der Waals surface area contributed by atoms with Crippen LogP contribution in [0.15, 0.2) is 207 Å². The molecule has 0 bridgehead atoms. The number of para-hydroxylation sites is 3. The molecule has 7 aromatic carbocycles. The van der Waals surface area contributed by atoms with Gasteiger partial charge in [-0.15, -0.1) is 0 Å². The molecule has 4 heterocycles. The van der Waals surface area contributed by atoms with E-state index >= 15 is 0 Å². The van der Waals surface area contributed by atoms with E-state index in [-0.39, 0.29) is 0 Å². The summed E-state index contributed by atoms with van der Waals surface area (Å²) in [4.78, 5) is 27.9. The van der Waals surface area contributed by atoms with Crippen molar-refractivity contribution in [1.82, 2.24) is 24.9 Å². The average Bonchev–Trinajstić information content (AvgIpc) is 3.83. The summed E-state index contributed by atoms with van der Waals surface area (Å²) in [6.07, 6.45) is 3.84. The molecule has 1 spiro atoms. The van der Waals surface area contributed by atoms with Crippen molar-refractivity contribution in [2.24, 2.45) is 0 Å². The second kappa shape index (κ2) is 13.7. The lowest BCUT2D eigenvalue weighted by Gasteiger charge is -2.35. The third-order valence-electron chi connectivity index (χ3n) is 12.6. The molecule has 0 amide bonds. The van der Waals surface area contributed by atoms with Gasteiger partial charge in [-0.1, -0.05) is 152 Å². The third-order valence-corrected chi connectivity index (χ3v) is 12.6. The molecule has 1 atom stereocenters. The summed E-state index contributed by atoms with van der Waals surface area (Å²) in [5, 5.41) is 0. The molecule has 3 aromatic heterocycles. The Morgan fingerprint density at radius 3 is 1.78 bits per heavy atom. The highest BCUT2D eigenvalue weighted by Gasteiger charge is 2.54. The summed E-state index contributed by atoms with van der Waals surface area (Å²) >= 11 is 0. The third kappa shape index (κ3) is 5.17. The number of pyridine rings is 2. The summed E-state index contributed by atoms with van der Waals surface area (Å²) in [6, 6.07) is 67.2. The van der Waals surface area contributed by atoms with Crippen LogP contribution in [0.2, 0.25) is 0 Å². The quantitative estimate of drug-likeness (QED) is 0.171. The van der Waals surface area contributed by atoms with Crippen molar-refractivity contribution in [2.75, 3.05) is 4.90 Å². The maximum atomic E-state index is 7.06. The maximum Gasteiger partial charge on any atom is 0.164 e. The van der Waals surface area contributed by atoms with Crippen molar-refractivity contribution < 1.29 is 4.74 Å². The minimum absolute atomic E-state index is 0.585. The number of benzene rings is 7. The zero-order chi connectivity index (χ0) is 41.5. The van der Waals surface area contributed by atoms with Crippen molar-refractivity contribution in [3.8, 4) is 79.3 Å². The number of hydrogen-bond acceptors (Lipinski definition) is 7. The van der Waals surface area contributed by atoms with Crippen LogP contribution in [0.1, 0.15) is 22.3 Å². The van der Waals surface area contributed by atoms with Gasteiger partial charge in [-0.3, -0.25) is 9.97 Å². The van der Waals surface area contributed by atoms with Crippen molar-refractivity contribution in [3.05, 3.63) is 229 Å². The lowest BCUT2D eigenvalue weighted by molar-refractivity contribution is 0.478. The Bertz CT molecular complexity index is 3390. The Morgan fingerprint density at radius 1 is 0.413 bits per heavy atom. The second-order valence-corrected chi connectivity index (χ2v) is 16.0. The standard InChI is InChI=1S/C56H34N6O/c1-4-17-35(18-5-1)53-59-54(36-19-6-2-7-20-36)61-55(60-53)40-24-11-10-23-39(40)37-33-45-51(58-34-37)50-44(27-16-32-57-50)56(45)42-26-13-12-25-41(42)49-43(56)30-31-47-52(49)63-48-29-15-14-28-46(48)62(47)38-21-8-3-9-22-38/h1-34H. The van der Waals surface area contributed by atoms with Gasteiger partial charge in [0.15, 0.2) is 29.0 Å². The fourth-order valence-electron chi connectivity index (χ4n) is 9.99. The Kier molecular flexibility index (Phi) is 7.68. The van der Waals surface area contributed by atoms with Gasteiger partial charge in [-0.25, -0.2) is 15.0 Å². The maximum absolute atomic E-state index is 7.06. The first-order valence-corrected chi connectivity index (χ1v) is 21.1. The molecule has 7 nitrogen and oxygen atoms in total.